The van der Waals surface area contributed by atoms with Crippen molar-refractivity contribution in [2.24, 2.45) is 0 Å². The fourth-order valence-electron chi connectivity index (χ4n) is 2.96. The van der Waals surface area contributed by atoms with Gasteiger partial charge in [-0.25, -0.2) is 9.97 Å². The Bertz CT molecular complexity index is 1150. The first kappa shape index (κ1) is 22.3. The molecule has 158 valence electrons. The summed E-state index contributed by atoms with van der Waals surface area (Å²) in [7, 11) is -3.30. The lowest BCUT2D eigenvalue weighted by molar-refractivity contribution is 0.219. The van der Waals surface area contributed by atoms with Crippen LogP contribution in [0.5, 0.6) is 0 Å². The van der Waals surface area contributed by atoms with Gasteiger partial charge in [-0.3, -0.25) is 18.9 Å². The number of halogens is 1. The average Bonchev–Trinajstić information content (AvgIpc) is 2.71. The Morgan fingerprint density at radius 3 is 2.53 bits per heavy atom. The van der Waals surface area contributed by atoms with Crippen molar-refractivity contribution in [3.63, 3.8) is 0 Å². The molecule has 0 amide bonds. The number of benzene rings is 1. The number of hydrogen-bond donors (Lipinski definition) is 0. The van der Waals surface area contributed by atoms with Gasteiger partial charge in [-0.15, -0.1) is 6.58 Å². The van der Waals surface area contributed by atoms with Crippen LogP contribution in [0.1, 0.15) is 19.5 Å². The highest BCUT2D eigenvalue weighted by Crippen LogP contribution is 2.50. The summed E-state index contributed by atoms with van der Waals surface area (Å²) in [5.41, 5.74) is 1.08. The predicted octanol–water partition coefficient (Wildman–Crippen LogP) is 4.46. The van der Waals surface area contributed by atoms with Crippen LogP contribution in [-0.2, 0) is 26.3 Å². The molecule has 2 aromatic heterocycles. The van der Waals surface area contributed by atoms with Crippen LogP contribution in [0, 0.1) is 0 Å². The third-order valence-corrected chi connectivity index (χ3v) is 6.42. The van der Waals surface area contributed by atoms with Crippen molar-refractivity contribution in [2.45, 2.75) is 26.6 Å². The molecule has 0 aliphatic rings. The lowest BCUT2D eigenvalue weighted by Gasteiger charge is -2.16. The molecule has 2 heterocycles. The van der Waals surface area contributed by atoms with Gasteiger partial charge in [0.2, 0.25) is 0 Å². The van der Waals surface area contributed by atoms with E-state index in [1.165, 1.54) is 17.0 Å². The maximum absolute atomic E-state index is 12.9. The molecular weight excluding hydrogens is 427 g/mol. The summed E-state index contributed by atoms with van der Waals surface area (Å²) in [5, 5.41) is 0.926. The van der Waals surface area contributed by atoms with Crippen molar-refractivity contribution in [1.82, 2.24) is 19.5 Å². The molecule has 0 aliphatic carbocycles. The standard InChI is InChI=1S/C20H22ClN4O4P/c1-4-9-25-19(24-17-10-14(21)7-8-16(17)20(25)26)18-12-22-15(11-23-18)13-30(27,28-5-2)29-6-3/h4,7-8,10-12H,1,5-6,9,13H2,2-3H3. The minimum absolute atomic E-state index is 0.00216. The number of hydrogen-bond acceptors (Lipinski definition) is 7. The van der Waals surface area contributed by atoms with Crippen molar-refractivity contribution in [3.8, 4) is 11.5 Å². The second-order valence-corrected chi connectivity index (χ2v) is 8.79. The molecule has 30 heavy (non-hydrogen) atoms. The van der Waals surface area contributed by atoms with Crippen LogP contribution in [-0.4, -0.2) is 32.7 Å². The largest absolute Gasteiger partial charge is 0.336 e. The van der Waals surface area contributed by atoms with Gasteiger partial charge < -0.3 is 9.05 Å². The van der Waals surface area contributed by atoms with Gasteiger partial charge in [-0.2, -0.15) is 0 Å². The van der Waals surface area contributed by atoms with Crippen LogP contribution in [0.3, 0.4) is 0 Å². The number of fused-ring (bicyclic) bond motifs is 1. The first-order chi connectivity index (χ1) is 14.4. The molecule has 0 unspecified atom stereocenters. The summed E-state index contributed by atoms with van der Waals surface area (Å²) in [6, 6.07) is 4.92. The lowest BCUT2D eigenvalue weighted by atomic mass is 10.2. The first-order valence-electron chi connectivity index (χ1n) is 9.41. The summed E-state index contributed by atoms with van der Waals surface area (Å²) in [6.07, 6.45) is 4.57. The third kappa shape index (κ3) is 4.84. The lowest BCUT2D eigenvalue weighted by Crippen LogP contribution is -2.23. The molecule has 0 atom stereocenters. The van der Waals surface area contributed by atoms with Crippen LogP contribution in [0.4, 0.5) is 0 Å². The van der Waals surface area contributed by atoms with E-state index in [0.717, 1.165) is 0 Å². The highest BCUT2D eigenvalue weighted by molar-refractivity contribution is 7.53. The fraction of sp³-hybridized carbons (Fsp3) is 0.300. The molecule has 0 N–H and O–H groups in total. The van der Waals surface area contributed by atoms with Gasteiger partial charge in [0, 0.05) is 17.8 Å². The van der Waals surface area contributed by atoms with Crippen molar-refractivity contribution >= 4 is 30.1 Å². The normalized spacial score (nSPS) is 11.7. The van der Waals surface area contributed by atoms with Crippen LogP contribution in [0.25, 0.3) is 22.4 Å². The highest BCUT2D eigenvalue weighted by Gasteiger charge is 2.25. The molecule has 0 bridgehead atoms. The fourth-order valence-corrected chi connectivity index (χ4v) is 4.73. The molecular formula is C20H22ClN4O4P. The average molecular weight is 449 g/mol. The molecule has 0 radical (unpaired) electrons. The molecule has 3 rings (SSSR count). The zero-order chi connectivity index (χ0) is 21.7. The molecule has 0 aliphatic heterocycles. The predicted molar refractivity (Wildman–Crippen MR) is 117 cm³/mol. The minimum Gasteiger partial charge on any atom is -0.309 e. The van der Waals surface area contributed by atoms with E-state index in [-0.39, 0.29) is 31.5 Å². The topological polar surface area (TPSA) is 96.2 Å². The van der Waals surface area contributed by atoms with E-state index in [0.29, 0.717) is 33.1 Å². The number of aromatic nitrogens is 4. The third-order valence-electron chi connectivity index (χ3n) is 4.17. The number of allylic oxidation sites excluding steroid dienone is 1. The Labute approximate surface area is 179 Å². The van der Waals surface area contributed by atoms with Crippen LogP contribution in [0.15, 0.2) is 48.0 Å². The van der Waals surface area contributed by atoms with E-state index >= 15 is 0 Å². The quantitative estimate of drug-likeness (QED) is 0.352. The zero-order valence-electron chi connectivity index (χ0n) is 16.7. The highest BCUT2D eigenvalue weighted by atomic mass is 35.5. The smallest absolute Gasteiger partial charge is 0.309 e. The van der Waals surface area contributed by atoms with Crippen molar-refractivity contribution in [1.29, 1.82) is 0 Å². The van der Waals surface area contributed by atoms with Crippen LogP contribution in [0.2, 0.25) is 5.02 Å². The monoisotopic (exact) mass is 448 g/mol. The Balaban J connectivity index is 2.03. The van der Waals surface area contributed by atoms with Crippen LogP contribution >= 0.6 is 19.2 Å². The molecule has 0 saturated heterocycles. The van der Waals surface area contributed by atoms with E-state index in [2.05, 4.69) is 21.5 Å². The molecule has 1 aromatic carbocycles. The van der Waals surface area contributed by atoms with Gasteiger partial charge in [-0.05, 0) is 32.0 Å². The molecule has 3 aromatic rings. The van der Waals surface area contributed by atoms with Gasteiger partial charge in [-0.1, -0.05) is 17.7 Å². The van der Waals surface area contributed by atoms with Gasteiger partial charge in [0.05, 0.1) is 42.2 Å². The number of nitrogens with zero attached hydrogens (tertiary/aromatic N) is 4. The van der Waals surface area contributed by atoms with Crippen LogP contribution < -0.4 is 5.56 Å². The minimum atomic E-state index is -3.30. The van der Waals surface area contributed by atoms with E-state index in [9.17, 15) is 9.36 Å². The van der Waals surface area contributed by atoms with E-state index < -0.39 is 7.60 Å². The van der Waals surface area contributed by atoms with Gasteiger partial charge in [0.1, 0.15) is 5.69 Å². The summed E-state index contributed by atoms with van der Waals surface area (Å²) < 4.78 is 24.8. The summed E-state index contributed by atoms with van der Waals surface area (Å²) in [4.78, 5) is 26.2. The maximum Gasteiger partial charge on any atom is 0.336 e. The summed E-state index contributed by atoms with van der Waals surface area (Å²) >= 11 is 6.06. The van der Waals surface area contributed by atoms with E-state index in [1.807, 2.05) is 0 Å². The van der Waals surface area contributed by atoms with Gasteiger partial charge in [0.15, 0.2) is 5.82 Å². The van der Waals surface area contributed by atoms with Crippen molar-refractivity contribution in [2.75, 3.05) is 13.2 Å². The summed E-state index contributed by atoms with van der Waals surface area (Å²) in [5.74, 6) is 0.339. The molecule has 0 spiro atoms. The van der Waals surface area contributed by atoms with Crippen molar-refractivity contribution in [3.05, 3.63) is 64.3 Å². The van der Waals surface area contributed by atoms with Gasteiger partial charge in [0.25, 0.3) is 5.56 Å². The molecule has 0 saturated carbocycles. The molecule has 0 fully saturated rings. The molecule has 8 nitrogen and oxygen atoms in total. The summed E-state index contributed by atoms with van der Waals surface area (Å²) in [6.45, 7) is 7.99. The first-order valence-corrected chi connectivity index (χ1v) is 11.5. The Kier molecular flexibility index (Phi) is 7.15. The van der Waals surface area contributed by atoms with E-state index in [1.54, 1.807) is 38.1 Å². The molecule has 10 heteroatoms. The van der Waals surface area contributed by atoms with Gasteiger partial charge >= 0.3 is 7.60 Å². The zero-order valence-corrected chi connectivity index (χ0v) is 18.4. The van der Waals surface area contributed by atoms with Crippen molar-refractivity contribution < 1.29 is 13.6 Å². The number of rotatable bonds is 9. The van der Waals surface area contributed by atoms with E-state index in [4.69, 9.17) is 20.6 Å². The second-order valence-electron chi connectivity index (χ2n) is 6.30. The Morgan fingerprint density at radius 1 is 1.20 bits per heavy atom. The second kappa shape index (κ2) is 9.62. The Morgan fingerprint density at radius 2 is 1.93 bits per heavy atom. The maximum atomic E-state index is 12.9. The Hall–Kier alpha value is -2.38. The SMILES string of the molecule is C=CCn1c(-c2cnc(CP(=O)(OCC)OCC)cn2)nc2cc(Cl)ccc2c1=O.